The number of rotatable bonds is 2. The monoisotopic (exact) mass is 180 g/mol. The molecule has 0 amide bonds. The van der Waals surface area contributed by atoms with Gasteiger partial charge in [0.05, 0.1) is 5.57 Å². The highest BCUT2D eigenvalue weighted by atomic mass is 16.1. The van der Waals surface area contributed by atoms with Gasteiger partial charge in [-0.05, 0) is 19.3 Å². The van der Waals surface area contributed by atoms with Crippen LogP contribution in [0.2, 0.25) is 0 Å². The van der Waals surface area contributed by atoms with Crippen molar-refractivity contribution in [2.24, 2.45) is 0 Å². The average molecular weight is 180 g/mol. The summed E-state index contributed by atoms with van der Waals surface area (Å²) < 4.78 is 0. The van der Waals surface area contributed by atoms with Gasteiger partial charge in [-0.15, -0.1) is 0 Å². The van der Waals surface area contributed by atoms with Gasteiger partial charge in [-0.2, -0.15) is 0 Å². The van der Waals surface area contributed by atoms with Gasteiger partial charge in [0.1, 0.15) is 0 Å². The van der Waals surface area contributed by atoms with Crippen molar-refractivity contribution in [2.75, 3.05) is 7.05 Å². The standard InChI is InChI=1S/C10H16N2O/c1-3-8(12-2)10-7(11)5-4-6-9(10)13/h11-12H,3-6H2,1-2H3/b10-8+,11-7?. The zero-order valence-corrected chi connectivity index (χ0v) is 8.24. The molecule has 1 rings (SSSR count). The van der Waals surface area contributed by atoms with Crippen molar-refractivity contribution in [2.45, 2.75) is 32.6 Å². The molecular weight excluding hydrogens is 164 g/mol. The maximum atomic E-state index is 11.5. The third kappa shape index (κ3) is 1.97. The Balaban J connectivity index is 3.02. The minimum absolute atomic E-state index is 0.127. The summed E-state index contributed by atoms with van der Waals surface area (Å²) in [6.07, 6.45) is 2.97. The molecule has 3 heteroatoms. The van der Waals surface area contributed by atoms with Crippen LogP contribution in [0.25, 0.3) is 0 Å². The van der Waals surface area contributed by atoms with Gasteiger partial charge < -0.3 is 10.7 Å². The molecule has 72 valence electrons. The number of Topliss-reactive ketones (excluding diaryl/α,β-unsaturated/α-hetero) is 1. The molecule has 0 aliphatic heterocycles. The van der Waals surface area contributed by atoms with E-state index in [-0.39, 0.29) is 5.78 Å². The van der Waals surface area contributed by atoms with E-state index in [2.05, 4.69) is 5.32 Å². The van der Waals surface area contributed by atoms with Crippen LogP contribution in [0.3, 0.4) is 0 Å². The van der Waals surface area contributed by atoms with Crippen molar-refractivity contribution >= 4 is 11.5 Å². The Morgan fingerprint density at radius 1 is 1.54 bits per heavy atom. The first-order chi connectivity index (χ1) is 6.20. The first-order valence-electron chi connectivity index (χ1n) is 4.72. The zero-order valence-electron chi connectivity index (χ0n) is 8.24. The number of ketones is 1. The Labute approximate surface area is 78.7 Å². The number of hydrogen-bond donors (Lipinski definition) is 2. The minimum Gasteiger partial charge on any atom is -0.391 e. The first kappa shape index (κ1) is 9.96. The smallest absolute Gasteiger partial charge is 0.166 e. The molecule has 1 aliphatic carbocycles. The van der Waals surface area contributed by atoms with Crippen LogP contribution in [-0.2, 0) is 4.79 Å². The highest BCUT2D eigenvalue weighted by Gasteiger charge is 2.22. The van der Waals surface area contributed by atoms with Gasteiger partial charge in [0.2, 0.25) is 0 Å². The summed E-state index contributed by atoms with van der Waals surface area (Å²) in [6, 6.07) is 0. The fraction of sp³-hybridized carbons (Fsp3) is 0.600. The molecule has 0 unspecified atom stereocenters. The maximum absolute atomic E-state index is 11.5. The molecule has 0 aromatic carbocycles. The molecule has 0 radical (unpaired) electrons. The van der Waals surface area contributed by atoms with E-state index < -0.39 is 0 Å². The minimum atomic E-state index is 0.127. The summed E-state index contributed by atoms with van der Waals surface area (Å²) in [5, 5.41) is 10.7. The molecule has 1 fully saturated rings. The number of nitrogens with one attached hydrogen (secondary N) is 2. The van der Waals surface area contributed by atoms with Crippen LogP contribution in [-0.4, -0.2) is 18.5 Å². The predicted molar refractivity (Wildman–Crippen MR) is 53.0 cm³/mol. The van der Waals surface area contributed by atoms with Crippen LogP contribution in [0.5, 0.6) is 0 Å². The van der Waals surface area contributed by atoms with Crippen LogP contribution < -0.4 is 5.32 Å². The zero-order chi connectivity index (χ0) is 9.84. The van der Waals surface area contributed by atoms with Gasteiger partial charge in [-0.1, -0.05) is 6.92 Å². The van der Waals surface area contributed by atoms with Gasteiger partial charge in [0.15, 0.2) is 5.78 Å². The summed E-state index contributed by atoms with van der Waals surface area (Å²) in [5.41, 5.74) is 2.05. The normalized spacial score (nSPS) is 21.7. The van der Waals surface area contributed by atoms with Crippen molar-refractivity contribution in [1.29, 1.82) is 5.41 Å². The summed E-state index contributed by atoms with van der Waals surface area (Å²) >= 11 is 0. The van der Waals surface area contributed by atoms with Crippen LogP contribution in [0.4, 0.5) is 0 Å². The Morgan fingerprint density at radius 3 is 2.69 bits per heavy atom. The molecule has 2 N–H and O–H groups in total. The molecule has 1 aliphatic rings. The van der Waals surface area contributed by atoms with E-state index in [1.54, 1.807) is 7.05 Å². The molecule has 0 saturated heterocycles. The number of carbonyl (C=O) groups excluding carboxylic acids is 1. The van der Waals surface area contributed by atoms with Gasteiger partial charge in [-0.25, -0.2) is 0 Å². The molecule has 0 aromatic heterocycles. The molecule has 0 aromatic rings. The van der Waals surface area contributed by atoms with Crippen molar-refractivity contribution in [3.63, 3.8) is 0 Å². The molecule has 3 nitrogen and oxygen atoms in total. The van der Waals surface area contributed by atoms with E-state index in [9.17, 15) is 4.79 Å². The van der Waals surface area contributed by atoms with Crippen LogP contribution in [0.1, 0.15) is 32.6 Å². The van der Waals surface area contributed by atoms with E-state index in [1.807, 2.05) is 6.92 Å². The lowest BCUT2D eigenvalue weighted by Gasteiger charge is -2.18. The number of allylic oxidation sites excluding steroid dienone is 2. The lowest BCUT2D eigenvalue weighted by atomic mass is 9.89. The topological polar surface area (TPSA) is 53.0 Å². The molecule has 13 heavy (non-hydrogen) atoms. The summed E-state index contributed by atoms with van der Waals surface area (Å²) in [6.45, 7) is 1.99. The Bertz CT molecular complexity index is 242. The molecule has 1 saturated carbocycles. The summed E-state index contributed by atoms with van der Waals surface area (Å²) in [4.78, 5) is 11.5. The Morgan fingerprint density at radius 2 is 2.23 bits per heavy atom. The van der Waals surface area contributed by atoms with Crippen molar-refractivity contribution < 1.29 is 4.79 Å². The SMILES string of the molecule is CC/C(NC)=C1/C(=N)CCCC1=O. The van der Waals surface area contributed by atoms with E-state index >= 15 is 0 Å². The second-order valence-electron chi connectivity index (χ2n) is 3.21. The molecule has 0 spiro atoms. The molecule has 0 heterocycles. The Hall–Kier alpha value is -1.12. The third-order valence-corrected chi connectivity index (χ3v) is 2.37. The van der Waals surface area contributed by atoms with Crippen LogP contribution in [0.15, 0.2) is 11.3 Å². The first-order valence-corrected chi connectivity index (χ1v) is 4.72. The van der Waals surface area contributed by atoms with Gasteiger partial charge in [0, 0.05) is 24.9 Å². The lowest BCUT2D eigenvalue weighted by molar-refractivity contribution is -0.115. The molecular formula is C10H16N2O. The van der Waals surface area contributed by atoms with E-state index in [0.717, 1.165) is 25.0 Å². The molecule has 0 bridgehead atoms. The van der Waals surface area contributed by atoms with E-state index in [1.165, 1.54) is 0 Å². The maximum Gasteiger partial charge on any atom is 0.166 e. The molecule has 0 atom stereocenters. The average Bonchev–Trinajstić information content (AvgIpc) is 2.11. The fourth-order valence-electron chi connectivity index (χ4n) is 1.67. The van der Waals surface area contributed by atoms with E-state index in [4.69, 9.17) is 5.41 Å². The number of hydrogen-bond acceptors (Lipinski definition) is 3. The van der Waals surface area contributed by atoms with E-state index in [0.29, 0.717) is 17.7 Å². The highest BCUT2D eigenvalue weighted by molar-refractivity contribution is 6.23. The van der Waals surface area contributed by atoms with Crippen LogP contribution in [0, 0.1) is 5.41 Å². The van der Waals surface area contributed by atoms with Crippen molar-refractivity contribution in [1.82, 2.24) is 5.32 Å². The Kier molecular flexibility index (Phi) is 3.23. The third-order valence-electron chi connectivity index (χ3n) is 2.37. The van der Waals surface area contributed by atoms with Crippen molar-refractivity contribution in [3.8, 4) is 0 Å². The van der Waals surface area contributed by atoms with Crippen molar-refractivity contribution in [3.05, 3.63) is 11.3 Å². The van der Waals surface area contributed by atoms with Gasteiger partial charge >= 0.3 is 0 Å². The summed E-state index contributed by atoms with van der Waals surface area (Å²) in [5.74, 6) is 0.127. The second kappa shape index (κ2) is 4.21. The number of carbonyl (C=O) groups is 1. The quantitative estimate of drug-likeness (QED) is 0.635. The summed E-state index contributed by atoms with van der Waals surface area (Å²) in [7, 11) is 1.81. The van der Waals surface area contributed by atoms with Crippen LogP contribution >= 0.6 is 0 Å². The predicted octanol–water partition coefficient (Wildman–Crippen LogP) is 1.64. The van der Waals surface area contributed by atoms with Gasteiger partial charge in [-0.3, -0.25) is 4.79 Å². The second-order valence-corrected chi connectivity index (χ2v) is 3.21. The largest absolute Gasteiger partial charge is 0.391 e. The lowest BCUT2D eigenvalue weighted by Crippen LogP contribution is -2.24. The van der Waals surface area contributed by atoms with Gasteiger partial charge in [0.25, 0.3) is 0 Å². The highest BCUT2D eigenvalue weighted by Crippen LogP contribution is 2.20. The fourth-order valence-corrected chi connectivity index (χ4v) is 1.67.